The molecule has 4 rings (SSSR count). The van der Waals surface area contributed by atoms with Gasteiger partial charge in [-0.3, -0.25) is 9.59 Å². The second-order valence-electron chi connectivity index (χ2n) is 8.12. The zero-order chi connectivity index (χ0) is 23.0. The number of anilines is 1. The molecule has 6 heteroatoms. The summed E-state index contributed by atoms with van der Waals surface area (Å²) in [5, 5.41) is 5.51. The molecular formula is C27H28N2O4. The summed E-state index contributed by atoms with van der Waals surface area (Å²) in [6.07, 6.45) is 2.10. The topological polar surface area (TPSA) is 76.7 Å². The number of ether oxygens (including phenoxy) is 2. The average Bonchev–Trinajstić information content (AvgIpc) is 3.37. The summed E-state index contributed by atoms with van der Waals surface area (Å²) in [5.41, 5.74) is 4.21. The molecule has 3 aromatic carbocycles. The lowest BCUT2D eigenvalue weighted by molar-refractivity contribution is -0.115. The van der Waals surface area contributed by atoms with Crippen LogP contribution < -0.4 is 15.4 Å². The van der Waals surface area contributed by atoms with E-state index in [1.54, 1.807) is 12.1 Å². The van der Waals surface area contributed by atoms with Crippen LogP contribution in [0.25, 0.3) is 11.1 Å². The maximum absolute atomic E-state index is 12.5. The lowest BCUT2D eigenvalue weighted by Crippen LogP contribution is -2.33. The van der Waals surface area contributed by atoms with Crippen molar-refractivity contribution in [3.05, 3.63) is 83.9 Å². The van der Waals surface area contributed by atoms with E-state index >= 15 is 0 Å². The van der Waals surface area contributed by atoms with Crippen LogP contribution in [-0.2, 0) is 9.53 Å². The molecule has 1 fully saturated rings. The highest BCUT2D eigenvalue weighted by Gasteiger charge is 2.17. The summed E-state index contributed by atoms with van der Waals surface area (Å²) in [6, 6.07) is 22.9. The van der Waals surface area contributed by atoms with Crippen molar-refractivity contribution in [2.24, 2.45) is 0 Å². The fraction of sp³-hybridized carbons (Fsp3) is 0.259. The van der Waals surface area contributed by atoms with E-state index in [-0.39, 0.29) is 24.5 Å². The largest absolute Gasteiger partial charge is 0.489 e. The quantitative estimate of drug-likeness (QED) is 0.533. The molecule has 1 heterocycles. The molecule has 170 valence electrons. The summed E-state index contributed by atoms with van der Waals surface area (Å²) in [7, 11) is 0. The van der Waals surface area contributed by atoms with Gasteiger partial charge < -0.3 is 20.1 Å². The first kappa shape index (κ1) is 22.6. The van der Waals surface area contributed by atoms with Crippen LogP contribution in [0.5, 0.6) is 5.75 Å². The van der Waals surface area contributed by atoms with E-state index in [1.807, 2.05) is 67.6 Å². The van der Waals surface area contributed by atoms with E-state index in [9.17, 15) is 9.59 Å². The fourth-order valence-corrected chi connectivity index (χ4v) is 3.71. The van der Waals surface area contributed by atoms with Crippen molar-refractivity contribution in [3.63, 3.8) is 0 Å². The summed E-state index contributed by atoms with van der Waals surface area (Å²) >= 11 is 0. The number of rotatable bonds is 8. The number of hydrogen-bond donors (Lipinski definition) is 2. The normalized spacial score (nSPS) is 15.1. The van der Waals surface area contributed by atoms with Crippen LogP contribution in [0.2, 0.25) is 0 Å². The van der Waals surface area contributed by atoms with Gasteiger partial charge in [-0.25, -0.2) is 0 Å². The minimum absolute atomic E-state index is 0.0848. The van der Waals surface area contributed by atoms with Crippen molar-refractivity contribution in [2.45, 2.75) is 25.9 Å². The maximum Gasteiger partial charge on any atom is 0.251 e. The highest BCUT2D eigenvalue weighted by Crippen LogP contribution is 2.27. The van der Waals surface area contributed by atoms with Gasteiger partial charge in [-0.05, 0) is 60.7 Å². The first-order chi connectivity index (χ1) is 16.1. The van der Waals surface area contributed by atoms with Gasteiger partial charge in [0.2, 0.25) is 5.91 Å². The standard InChI is InChI=1S/C27H28N2O4/c1-19-9-14-24(25(16-19)33-18-23-8-5-15-32-23)29-26(30)17-28-27(31)22-12-10-21(11-13-22)20-6-3-2-4-7-20/h2-4,6-7,9-14,16,23H,5,8,15,17-18H2,1H3,(H,28,31)(H,29,30). The van der Waals surface area contributed by atoms with E-state index in [4.69, 9.17) is 9.47 Å². The number of nitrogens with one attached hydrogen (secondary N) is 2. The first-order valence-corrected chi connectivity index (χ1v) is 11.2. The summed E-state index contributed by atoms with van der Waals surface area (Å²) in [6.45, 7) is 3.04. The number of hydrogen-bond acceptors (Lipinski definition) is 4. The lowest BCUT2D eigenvalue weighted by atomic mass is 10.0. The third-order valence-electron chi connectivity index (χ3n) is 5.52. The molecule has 1 atom stereocenters. The Balaban J connectivity index is 1.31. The molecule has 0 bridgehead atoms. The minimum atomic E-state index is -0.324. The van der Waals surface area contributed by atoms with Crippen molar-refractivity contribution >= 4 is 17.5 Å². The zero-order valence-corrected chi connectivity index (χ0v) is 18.7. The minimum Gasteiger partial charge on any atom is -0.489 e. The predicted octanol–water partition coefficient (Wildman–Crippen LogP) is 4.59. The van der Waals surface area contributed by atoms with Gasteiger partial charge in [0.1, 0.15) is 12.4 Å². The summed E-state index contributed by atoms with van der Waals surface area (Å²) in [4.78, 5) is 25.0. The first-order valence-electron chi connectivity index (χ1n) is 11.2. The van der Waals surface area contributed by atoms with E-state index in [2.05, 4.69) is 10.6 Å². The number of carbonyl (C=O) groups is 2. The molecule has 0 saturated carbocycles. The van der Waals surface area contributed by atoms with Gasteiger partial charge in [0.15, 0.2) is 0 Å². The molecule has 0 aromatic heterocycles. The van der Waals surface area contributed by atoms with Gasteiger partial charge in [-0.2, -0.15) is 0 Å². The molecule has 6 nitrogen and oxygen atoms in total. The van der Waals surface area contributed by atoms with Gasteiger partial charge in [0.05, 0.1) is 18.3 Å². The molecule has 1 unspecified atom stereocenters. The molecular weight excluding hydrogens is 416 g/mol. The number of carbonyl (C=O) groups excluding carboxylic acids is 2. The third-order valence-corrected chi connectivity index (χ3v) is 5.52. The van der Waals surface area contributed by atoms with E-state index in [0.717, 1.165) is 36.1 Å². The van der Waals surface area contributed by atoms with Gasteiger partial charge >= 0.3 is 0 Å². The molecule has 0 radical (unpaired) electrons. The van der Waals surface area contributed by atoms with E-state index in [0.29, 0.717) is 23.6 Å². The van der Waals surface area contributed by atoms with Gasteiger partial charge in [-0.1, -0.05) is 48.5 Å². The van der Waals surface area contributed by atoms with Gasteiger partial charge in [-0.15, -0.1) is 0 Å². The van der Waals surface area contributed by atoms with Crippen LogP contribution in [-0.4, -0.2) is 37.7 Å². The Hall–Kier alpha value is -3.64. The van der Waals surface area contributed by atoms with Crippen molar-refractivity contribution in [3.8, 4) is 16.9 Å². The molecule has 3 aromatic rings. The van der Waals surface area contributed by atoms with Crippen molar-refractivity contribution in [1.29, 1.82) is 0 Å². The van der Waals surface area contributed by atoms with Crippen LogP contribution in [0.4, 0.5) is 5.69 Å². The molecule has 1 aliphatic rings. The van der Waals surface area contributed by atoms with Crippen molar-refractivity contribution < 1.29 is 19.1 Å². The van der Waals surface area contributed by atoms with Crippen molar-refractivity contribution in [2.75, 3.05) is 25.1 Å². The Morgan fingerprint density at radius 3 is 2.48 bits per heavy atom. The number of benzene rings is 3. The molecule has 2 amide bonds. The Labute approximate surface area is 193 Å². The monoisotopic (exact) mass is 444 g/mol. The summed E-state index contributed by atoms with van der Waals surface area (Å²) in [5.74, 6) is -0.0275. The summed E-state index contributed by atoms with van der Waals surface area (Å²) < 4.78 is 11.5. The Morgan fingerprint density at radius 1 is 1.00 bits per heavy atom. The average molecular weight is 445 g/mol. The van der Waals surface area contributed by atoms with Gasteiger partial charge in [0, 0.05) is 12.2 Å². The molecule has 33 heavy (non-hydrogen) atoms. The SMILES string of the molecule is Cc1ccc(NC(=O)CNC(=O)c2ccc(-c3ccccc3)cc2)c(OCC2CCCO2)c1. The molecule has 2 N–H and O–H groups in total. The number of aryl methyl sites for hydroxylation is 1. The highest BCUT2D eigenvalue weighted by molar-refractivity contribution is 6.00. The van der Waals surface area contributed by atoms with Crippen LogP contribution in [0, 0.1) is 6.92 Å². The Kier molecular flexibility index (Phi) is 7.37. The molecule has 1 saturated heterocycles. The smallest absolute Gasteiger partial charge is 0.251 e. The second-order valence-corrected chi connectivity index (χ2v) is 8.12. The molecule has 1 aliphatic heterocycles. The van der Waals surface area contributed by atoms with Crippen LogP contribution >= 0.6 is 0 Å². The van der Waals surface area contributed by atoms with Gasteiger partial charge in [0.25, 0.3) is 5.91 Å². The van der Waals surface area contributed by atoms with Crippen molar-refractivity contribution in [1.82, 2.24) is 5.32 Å². The zero-order valence-electron chi connectivity index (χ0n) is 18.7. The fourth-order valence-electron chi connectivity index (χ4n) is 3.71. The molecule has 0 spiro atoms. The van der Waals surface area contributed by atoms with Crippen LogP contribution in [0.3, 0.4) is 0 Å². The van der Waals surface area contributed by atoms with E-state index in [1.165, 1.54) is 0 Å². The maximum atomic E-state index is 12.5. The van der Waals surface area contributed by atoms with Crippen LogP contribution in [0.1, 0.15) is 28.8 Å². The second kappa shape index (κ2) is 10.8. The predicted molar refractivity (Wildman–Crippen MR) is 128 cm³/mol. The Morgan fingerprint density at radius 2 is 1.76 bits per heavy atom. The highest BCUT2D eigenvalue weighted by atomic mass is 16.5. The van der Waals surface area contributed by atoms with Crippen LogP contribution in [0.15, 0.2) is 72.8 Å². The van der Waals surface area contributed by atoms with E-state index < -0.39 is 0 Å². The number of amides is 2. The Bertz CT molecular complexity index is 1090. The third kappa shape index (κ3) is 6.20. The lowest BCUT2D eigenvalue weighted by Gasteiger charge is -2.16. The molecule has 0 aliphatic carbocycles.